The fourth-order valence-electron chi connectivity index (χ4n) is 3.94. The van der Waals surface area contributed by atoms with Gasteiger partial charge in [-0.25, -0.2) is 8.42 Å². The van der Waals surface area contributed by atoms with E-state index in [2.05, 4.69) is 0 Å². The maximum atomic E-state index is 13.0. The molecule has 1 saturated heterocycles. The minimum atomic E-state index is -3.60. The number of aryl methyl sites for hydroxylation is 1. The fraction of sp³-hybridized carbons (Fsp3) is 0.500. The average molecular weight is 450 g/mol. The van der Waals surface area contributed by atoms with Gasteiger partial charge < -0.3 is 18.9 Å². The Labute approximate surface area is 184 Å². The van der Waals surface area contributed by atoms with Crippen LogP contribution >= 0.6 is 0 Å². The molecule has 170 valence electrons. The molecule has 0 bridgehead atoms. The highest BCUT2D eigenvalue weighted by Crippen LogP contribution is 2.28. The van der Waals surface area contributed by atoms with Crippen LogP contribution in [0.4, 0.5) is 0 Å². The van der Waals surface area contributed by atoms with Crippen molar-refractivity contribution >= 4 is 15.9 Å². The third-order valence-corrected chi connectivity index (χ3v) is 7.74. The Hall–Kier alpha value is -2.52. The van der Waals surface area contributed by atoms with Gasteiger partial charge in [-0.2, -0.15) is 4.31 Å². The van der Waals surface area contributed by atoms with Gasteiger partial charge in [-0.1, -0.05) is 13.8 Å². The first-order chi connectivity index (χ1) is 14.7. The zero-order valence-corrected chi connectivity index (χ0v) is 19.6. The van der Waals surface area contributed by atoms with Crippen molar-refractivity contribution in [1.82, 2.24) is 13.8 Å². The molecule has 1 fully saturated rings. The highest BCUT2D eigenvalue weighted by Gasteiger charge is 2.34. The number of ether oxygens (including phenoxy) is 2. The second-order valence-electron chi connectivity index (χ2n) is 7.76. The van der Waals surface area contributed by atoms with Gasteiger partial charge in [-0.05, 0) is 36.1 Å². The summed E-state index contributed by atoms with van der Waals surface area (Å²) in [4.78, 5) is 14.9. The summed E-state index contributed by atoms with van der Waals surface area (Å²) in [5.41, 5.74) is 1.48. The van der Waals surface area contributed by atoms with E-state index in [1.165, 1.54) is 16.6 Å². The number of likely N-dealkylation sites (tertiary alicyclic amines) is 1. The van der Waals surface area contributed by atoms with E-state index in [0.29, 0.717) is 37.8 Å². The summed E-state index contributed by atoms with van der Waals surface area (Å²) in [5.74, 6) is 1.67. The Morgan fingerprint density at radius 1 is 1.06 bits per heavy atom. The number of carbonyl (C=O) groups is 1. The Kier molecular flexibility index (Phi) is 6.96. The monoisotopic (exact) mass is 449 g/mol. The number of methoxy groups -OCH3 is 2. The summed E-state index contributed by atoms with van der Waals surface area (Å²) in [7, 11) is 1.35. The molecule has 0 unspecified atom stereocenters. The minimum absolute atomic E-state index is 0.150. The van der Waals surface area contributed by atoms with Crippen LogP contribution in [0.25, 0.3) is 0 Å². The summed E-state index contributed by atoms with van der Waals surface area (Å²) in [6, 6.07) is 7.28. The molecule has 2 heterocycles. The standard InChI is InChI=1S/C22H31N3O5S/c1-6-25(7-2)31(27,28)20-12-21(23(3)15-20)22(26)24-13-17(14-24)8-16-9-18(29-4)11-19(10-16)30-5/h9-12,15,17H,6-8,13-14H2,1-5H3. The smallest absolute Gasteiger partial charge is 0.270 e. The van der Waals surface area contributed by atoms with E-state index in [-0.39, 0.29) is 10.8 Å². The SMILES string of the molecule is CCN(CC)S(=O)(=O)c1cc(C(=O)N2CC(Cc3cc(OC)cc(OC)c3)C2)n(C)c1. The van der Waals surface area contributed by atoms with Crippen molar-refractivity contribution < 1.29 is 22.7 Å². The van der Waals surface area contributed by atoms with E-state index < -0.39 is 10.0 Å². The minimum Gasteiger partial charge on any atom is -0.497 e. The van der Waals surface area contributed by atoms with Gasteiger partial charge in [0.25, 0.3) is 5.91 Å². The third kappa shape index (κ3) is 4.72. The van der Waals surface area contributed by atoms with E-state index >= 15 is 0 Å². The first-order valence-electron chi connectivity index (χ1n) is 10.4. The number of rotatable bonds is 9. The molecule has 1 amide bonds. The molecule has 0 saturated carbocycles. The zero-order valence-electron chi connectivity index (χ0n) is 18.8. The van der Waals surface area contributed by atoms with Crippen molar-refractivity contribution in [2.45, 2.75) is 25.2 Å². The lowest BCUT2D eigenvalue weighted by atomic mass is 9.91. The number of hydrogen-bond acceptors (Lipinski definition) is 5. The van der Waals surface area contributed by atoms with Gasteiger partial charge in [0.15, 0.2) is 0 Å². The Morgan fingerprint density at radius 3 is 2.16 bits per heavy atom. The first kappa shape index (κ1) is 23.1. The molecular weight excluding hydrogens is 418 g/mol. The molecule has 8 nitrogen and oxygen atoms in total. The van der Waals surface area contributed by atoms with Gasteiger partial charge >= 0.3 is 0 Å². The summed E-state index contributed by atoms with van der Waals surface area (Å²) in [6.45, 7) is 5.63. The summed E-state index contributed by atoms with van der Waals surface area (Å²) >= 11 is 0. The predicted octanol–water partition coefficient (Wildman–Crippen LogP) is 2.39. The molecule has 0 aliphatic carbocycles. The number of hydrogen-bond donors (Lipinski definition) is 0. The zero-order chi connectivity index (χ0) is 22.8. The van der Waals surface area contributed by atoms with Crippen LogP contribution in [0, 0.1) is 5.92 Å². The van der Waals surface area contributed by atoms with Crippen molar-refractivity contribution in [3.05, 3.63) is 41.7 Å². The summed E-state index contributed by atoms with van der Waals surface area (Å²) < 4.78 is 39.2. The highest BCUT2D eigenvalue weighted by atomic mass is 32.2. The van der Waals surface area contributed by atoms with E-state index in [1.54, 1.807) is 44.6 Å². The van der Waals surface area contributed by atoms with E-state index in [9.17, 15) is 13.2 Å². The second-order valence-corrected chi connectivity index (χ2v) is 9.70. The second kappa shape index (κ2) is 9.32. The fourth-order valence-corrected chi connectivity index (χ4v) is 5.47. The van der Waals surface area contributed by atoms with E-state index in [4.69, 9.17) is 9.47 Å². The molecule has 1 aromatic heterocycles. The van der Waals surface area contributed by atoms with Gasteiger partial charge in [-0.3, -0.25) is 4.79 Å². The number of carbonyl (C=O) groups excluding carboxylic acids is 1. The lowest BCUT2D eigenvalue weighted by molar-refractivity contribution is 0.0491. The molecule has 1 aliphatic rings. The van der Waals surface area contributed by atoms with Crippen molar-refractivity contribution in [2.24, 2.45) is 13.0 Å². The quantitative estimate of drug-likeness (QED) is 0.587. The normalized spacial score (nSPS) is 14.6. The lowest BCUT2D eigenvalue weighted by Gasteiger charge is -2.39. The van der Waals surface area contributed by atoms with Crippen LogP contribution in [-0.2, 0) is 23.5 Å². The molecule has 31 heavy (non-hydrogen) atoms. The van der Waals surface area contributed by atoms with Crippen LogP contribution in [0.2, 0.25) is 0 Å². The number of aromatic nitrogens is 1. The van der Waals surface area contributed by atoms with Gasteiger partial charge in [0.2, 0.25) is 10.0 Å². The molecular formula is C22H31N3O5S. The summed E-state index contributed by atoms with van der Waals surface area (Å²) in [6.07, 6.45) is 2.33. The highest BCUT2D eigenvalue weighted by molar-refractivity contribution is 7.89. The van der Waals surface area contributed by atoms with Crippen molar-refractivity contribution in [3.8, 4) is 11.5 Å². The molecule has 0 radical (unpaired) electrons. The van der Waals surface area contributed by atoms with Crippen LogP contribution in [0.15, 0.2) is 35.4 Å². The van der Waals surface area contributed by atoms with Gasteiger partial charge in [-0.15, -0.1) is 0 Å². The number of benzene rings is 1. The Bertz CT molecular complexity index is 1020. The molecule has 3 rings (SSSR count). The maximum absolute atomic E-state index is 13.0. The number of sulfonamides is 1. The van der Waals surface area contributed by atoms with Crippen molar-refractivity contribution in [1.29, 1.82) is 0 Å². The van der Waals surface area contributed by atoms with Gasteiger partial charge in [0.1, 0.15) is 22.1 Å². The van der Waals surface area contributed by atoms with Crippen molar-refractivity contribution in [2.75, 3.05) is 40.4 Å². The summed E-state index contributed by atoms with van der Waals surface area (Å²) in [5, 5.41) is 0. The van der Waals surface area contributed by atoms with Crippen LogP contribution < -0.4 is 9.47 Å². The predicted molar refractivity (Wildman–Crippen MR) is 118 cm³/mol. The van der Waals surface area contributed by atoms with Crippen LogP contribution in [-0.4, -0.2) is 68.5 Å². The third-order valence-electron chi connectivity index (χ3n) is 5.72. The Balaban J connectivity index is 1.67. The van der Waals surface area contributed by atoms with Gasteiger partial charge in [0, 0.05) is 45.5 Å². The molecule has 0 N–H and O–H groups in total. The van der Waals surface area contributed by atoms with Crippen LogP contribution in [0.3, 0.4) is 0 Å². The first-order valence-corrected chi connectivity index (χ1v) is 11.8. The topological polar surface area (TPSA) is 81.1 Å². The lowest BCUT2D eigenvalue weighted by Crippen LogP contribution is -2.51. The molecule has 0 atom stereocenters. The van der Waals surface area contributed by atoms with Gasteiger partial charge in [0.05, 0.1) is 14.2 Å². The van der Waals surface area contributed by atoms with Crippen LogP contribution in [0.1, 0.15) is 29.9 Å². The largest absolute Gasteiger partial charge is 0.497 e. The van der Waals surface area contributed by atoms with E-state index in [1.807, 2.05) is 18.2 Å². The molecule has 0 spiro atoms. The average Bonchev–Trinajstić information content (AvgIpc) is 3.12. The maximum Gasteiger partial charge on any atom is 0.270 e. The number of amides is 1. The molecule has 9 heteroatoms. The van der Waals surface area contributed by atoms with Crippen LogP contribution in [0.5, 0.6) is 11.5 Å². The van der Waals surface area contributed by atoms with E-state index in [0.717, 1.165) is 23.5 Å². The molecule has 2 aromatic rings. The van der Waals surface area contributed by atoms with Crippen molar-refractivity contribution in [3.63, 3.8) is 0 Å². The molecule has 1 aliphatic heterocycles. The molecule has 1 aromatic carbocycles. The Morgan fingerprint density at radius 2 is 1.65 bits per heavy atom. The number of nitrogens with zero attached hydrogens (tertiary/aromatic N) is 3.